The van der Waals surface area contributed by atoms with Crippen molar-refractivity contribution >= 4 is 23.1 Å². The van der Waals surface area contributed by atoms with Gasteiger partial charge < -0.3 is 11.1 Å². The van der Waals surface area contributed by atoms with Crippen LogP contribution in [0.25, 0.3) is 0 Å². The smallest absolute Gasteiger partial charge is 0.255 e. The third-order valence-electron chi connectivity index (χ3n) is 2.07. The summed E-state index contributed by atoms with van der Waals surface area (Å²) in [6.07, 6.45) is -1.40. The van der Waals surface area contributed by atoms with Crippen LogP contribution in [0.2, 0.25) is 0 Å². The van der Waals surface area contributed by atoms with E-state index in [1.807, 2.05) is 0 Å². The van der Waals surface area contributed by atoms with Gasteiger partial charge in [0.1, 0.15) is 0 Å². The van der Waals surface area contributed by atoms with Gasteiger partial charge in [0.2, 0.25) is 5.91 Å². The minimum absolute atomic E-state index is 0.0965. The summed E-state index contributed by atoms with van der Waals surface area (Å²) in [5, 5.41) is 2.11. The standard InChI is InChI=1S/C7H10F2N2OS/c8-4(9)3-11-6(12)7(1-2-7)5(10)13/h4H,1-3H2,(H2,10,13)(H,11,12). The highest BCUT2D eigenvalue weighted by atomic mass is 32.1. The molecule has 0 aromatic rings. The molecule has 3 nitrogen and oxygen atoms in total. The van der Waals surface area contributed by atoms with Crippen molar-refractivity contribution in [3.8, 4) is 0 Å². The molecule has 0 heterocycles. The molecular formula is C7H10F2N2OS. The summed E-state index contributed by atoms with van der Waals surface area (Å²) < 4.78 is 23.5. The highest BCUT2D eigenvalue weighted by Crippen LogP contribution is 2.46. The molecule has 0 bridgehead atoms. The van der Waals surface area contributed by atoms with Crippen LogP contribution in [0.3, 0.4) is 0 Å². The van der Waals surface area contributed by atoms with Gasteiger partial charge in [0.15, 0.2) is 0 Å². The fraction of sp³-hybridized carbons (Fsp3) is 0.714. The molecule has 0 saturated heterocycles. The van der Waals surface area contributed by atoms with Gasteiger partial charge in [0.05, 0.1) is 16.9 Å². The van der Waals surface area contributed by atoms with Crippen LogP contribution in [0.15, 0.2) is 0 Å². The molecule has 1 aliphatic carbocycles. The average Bonchev–Trinajstić information content (AvgIpc) is 2.79. The predicted molar refractivity (Wildman–Crippen MR) is 47.5 cm³/mol. The minimum Gasteiger partial charge on any atom is -0.392 e. The number of amides is 1. The third kappa shape index (κ3) is 2.12. The Morgan fingerprint density at radius 3 is 2.46 bits per heavy atom. The van der Waals surface area contributed by atoms with Gasteiger partial charge in [0, 0.05) is 0 Å². The number of rotatable bonds is 4. The molecule has 1 aliphatic rings. The van der Waals surface area contributed by atoms with Crippen molar-refractivity contribution < 1.29 is 13.6 Å². The van der Waals surface area contributed by atoms with E-state index in [0.29, 0.717) is 12.8 Å². The van der Waals surface area contributed by atoms with E-state index >= 15 is 0 Å². The lowest BCUT2D eigenvalue weighted by Crippen LogP contribution is -2.41. The van der Waals surface area contributed by atoms with Crippen LogP contribution in [-0.4, -0.2) is 23.9 Å². The number of hydrogen-bond donors (Lipinski definition) is 2. The lowest BCUT2D eigenvalue weighted by molar-refractivity contribution is -0.124. The van der Waals surface area contributed by atoms with Crippen LogP contribution >= 0.6 is 12.2 Å². The Hall–Kier alpha value is -0.780. The molecule has 1 saturated carbocycles. The second-order valence-electron chi connectivity index (χ2n) is 3.05. The lowest BCUT2D eigenvalue weighted by atomic mass is 10.1. The Morgan fingerprint density at radius 2 is 2.15 bits per heavy atom. The quantitative estimate of drug-likeness (QED) is 0.659. The van der Waals surface area contributed by atoms with Gasteiger partial charge in [0.25, 0.3) is 6.43 Å². The number of carbonyl (C=O) groups excluding carboxylic acids is 1. The number of nitrogens with one attached hydrogen (secondary N) is 1. The molecule has 1 amide bonds. The maximum absolute atomic E-state index is 11.7. The molecule has 0 aliphatic heterocycles. The zero-order chi connectivity index (χ0) is 10.1. The van der Waals surface area contributed by atoms with Crippen molar-refractivity contribution in [1.29, 1.82) is 0 Å². The van der Waals surface area contributed by atoms with E-state index in [9.17, 15) is 13.6 Å². The van der Waals surface area contributed by atoms with Crippen LogP contribution in [0.1, 0.15) is 12.8 Å². The summed E-state index contributed by atoms with van der Waals surface area (Å²) in [4.78, 5) is 11.4. The summed E-state index contributed by atoms with van der Waals surface area (Å²) in [7, 11) is 0. The van der Waals surface area contributed by atoms with Crippen molar-refractivity contribution in [2.24, 2.45) is 11.1 Å². The van der Waals surface area contributed by atoms with E-state index in [1.165, 1.54) is 0 Å². The fourth-order valence-electron chi connectivity index (χ4n) is 1.05. The first kappa shape index (κ1) is 10.3. The van der Waals surface area contributed by atoms with Crippen LogP contribution in [-0.2, 0) is 4.79 Å². The van der Waals surface area contributed by atoms with E-state index in [0.717, 1.165) is 0 Å². The van der Waals surface area contributed by atoms with E-state index in [4.69, 9.17) is 5.73 Å². The molecule has 0 aromatic carbocycles. The summed E-state index contributed by atoms with van der Waals surface area (Å²) in [6, 6.07) is 0. The van der Waals surface area contributed by atoms with Crippen molar-refractivity contribution in [1.82, 2.24) is 5.32 Å². The highest BCUT2D eigenvalue weighted by Gasteiger charge is 2.52. The van der Waals surface area contributed by atoms with Crippen molar-refractivity contribution in [3.63, 3.8) is 0 Å². The molecule has 0 spiro atoms. The monoisotopic (exact) mass is 208 g/mol. The van der Waals surface area contributed by atoms with Crippen LogP contribution in [0.5, 0.6) is 0 Å². The largest absolute Gasteiger partial charge is 0.392 e. The number of thiocarbonyl (C=S) groups is 1. The highest BCUT2D eigenvalue weighted by molar-refractivity contribution is 7.80. The zero-order valence-corrected chi connectivity index (χ0v) is 7.66. The minimum atomic E-state index is -2.54. The van der Waals surface area contributed by atoms with Gasteiger partial charge in [-0.05, 0) is 12.8 Å². The Bertz CT molecular complexity index is 241. The maximum Gasteiger partial charge on any atom is 0.255 e. The summed E-state index contributed by atoms with van der Waals surface area (Å²) >= 11 is 4.68. The normalized spacial score (nSPS) is 18.4. The summed E-state index contributed by atoms with van der Waals surface area (Å²) in [6.45, 7) is -0.636. The van der Waals surface area contributed by atoms with Gasteiger partial charge in [-0.25, -0.2) is 8.78 Å². The molecule has 13 heavy (non-hydrogen) atoms. The van der Waals surface area contributed by atoms with Gasteiger partial charge in [-0.3, -0.25) is 4.79 Å². The van der Waals surface area contributed by atoms with Gasteiger partial charge in [-0.1, -0.05) is 12.2 Å². The van der Waals surface area contributed by atoms with E-state index in [2.05, 4.69) is 17.5 Å². The molecule has 0 radical (unpaired) electrons. The Morgan fingerprint density at radius 1 is 1.62 bits per heavy atom. The molecule has 74 valence electrons. The Balaban J connectivity index is 2.44. The number of hydrogen-bond acceptors (Lipinski definition) is 2. The molecular weight excluding hydrogens is 198 g/mol. The summed E-state index contributed by atoms with van der Waals surface area (Å²) in [5.74, 6) is -0.472. The Labute approximate surface area is 79.7 Å². The molecule has 0 atom stereocenters. The predicted octanol–water partition coefficient (Wildman–Crippen LogP) is 0.434. The molecule has 6 heteroatoms. The number of alkyl halides is 2. The van der Waals surface area contributed by atoms with E-state index < -0.39 is 24.3 Å². The van der Waals surface area contributed by atoms with Crippen LogP contribution in [0, 0.1) is 5.41 Å². The molecule has 3 N–H and O–H groups in total. The molecule has 0 unspecified atom stereocenters. The average molecular weight is 208 g/mol. The van der Waals surface area contributed by atoms with Gasteiger partial charge in [-0.2, -0.15) is 0 Å². The number of carbonyl (C=O) groups is 1. The van der Waals surface area contributed by atoms with Gasteiger partial charge >= 0.3 is 0 Å². The van der Waals surface area contributed by atoms with Crippen molar-refractivity contribution in [2.45, 2.75) is 19.3 Å². The van der Waals surface area contributed by atoms with E-state index in [-0.39, 0.29) is 4.99 Å². The second-order valence-corrected chi connectivity index (χ2v) is 3.49. The fourth-order valence-corrected chi connectivity index (χ4v) is 1.35. The van der Waals surface area contributed by atoms with Crippen LogP contribution < -0.4 is 11.1 Å². The van der Waals surface area contributed by atoms with Crippen molar-refractivity contribution in [2.75, 3.05) is 6.54 Å². The first-order chi connectivity index (χ1) is 5.99. The number of halogens is 2. The molecule has 1 fully saturated rings. The molecule has 0 aromatic heterocycles. The van der Waals surface area contributed by atoms with E-state index in [1.54, 1.807) is 0 Å². The van der Waals surface area contributed by atoms with Crippen LogP contribution in [0.4, 0.5) is 8.78 Å². The topological polar surface area (TPSA) is 55.1 Å². The van der Waals surface area contributed by atoms with Gasteiger partial charge in [-0.15, -0.1) is 0 Å². The first-order valence-electron chi connectivity index (χ1n) is 3.85. The maximum atomic E-state index is 11.7. The SMILES string of the molecule is NC(=S)C1(C(=O)NCC(F)F)CC1. The first-order valence-corrected chi connectivity index (χ1v) is 4.26. The lowest BCUT2D eigenvalue weighted by Gasteiger charge is -2.12. The number of nitrogens with two attached hydrogens (primary N) is 1. The third-order valence-corrected chi connectivity index (χ3v) is 2.46. The Kier molecular flexibility index (Phi) is 2.80. The van der Waals surface area contributed by atoms with Crippen molar-refractivity contribution in [3.05, 3.63) is 0 Å². The zero-order valence-electron chi connectivity index (χ0n) is 6.85. The summed E-state index contributed by atoms with van der Waals surface area (Å²) in [5.41, 5.74) is 4.49. The second kappa shape index (κ2) is 3.53. The molecule has 1 rings (SSSR count).